The summed E-state index contributed by atoms with van der Waals surface area (Å²) in [5.41, 5.74) is 0. The summed E-state index contributed by atoms with van der Waals surface area (Å²) >= 11 is 0. The van der Waals surface area contributed by atoms with Crippen LogP contribution in [0.15, 0.2) is 37.0 Å². The van der Waals surface area contributed by atoms with Crippen LogP contribution in [0.2, 0.25) is 0 Å². The van der Waals surface area contributed by atoms with Gasteiger partial charge in [0, 0.05) is 0 Å². The molecule has 0 aliphatic heterocycles. The Labute approximate surface area is 57.6 Å². The Morgan fingerprint density at radius 1 is 1.22 bits per heavy atom. The lowest BCUT2D eigenvalue weighted by Gasteiger charge is -1.78. The van der Waals surface area contributed by atoms with E-state index in [0.29, 0.717) is 0 Å². The normalized spacial score (nSPS) is 11.2. The van der Waals surface area contributed by atoms with Gasteiger partial charge in [0.15, 0.2) is 0 Å². The molecule has 0 aliphatic carbocycles. The fourth-order valence-corrected chi connectivity index (χ4v) is 0.484. The molecule has 0 fully saturated rings. The molecule has 0 radical (unpaired) electrons. The fraction of sp³-hybridized carbons (Fsp3) is 0.333. The molecule has 0 atom stereocenters. The first-order valence-electron chi connectivity index (χ1n) is 3.36. The molecular formula is C9H14. The molecule has 0 aromatic rings. The van der Waals surface area contributed by atoms with Crippen molar-refractivity contribution in [3.63, 3.8) is 0 Å². The van der Waals surface area contributed by atoms with E-state index in [2.05, 4.69) is 19.6 Å². The maximum Gasteiger partial charge on any atom is -0.0350 e. The molecule has 0 heteroatoms. The summed E-state index contributed by atoms with van der Waals surface area (Å²) in [6, 6.07) is 0. The highest BCUT2D eigenvalue weighted by Crippen LogP contribution is 1.88. The maximum atomic E-state index is 3.56. The SMILES string of the molecule is C=C/C=C/C=C\CCC. The van der Waals surface area contributed by atoms with E-state index in [0.717, 1.165) is 0 Å². The minimum absolute atomic E-state index is 1.17. The van der Waals surface area contributed by atoms with Crippen LogP contribution in [0.5, 0.6) is 0 Å². The molecule has 0 amide bonds. The van der Waals surface area contributed by atoms with Gasteiger partial charge in [-0.1, -0.05) is 50.3 Å². The third kappa shape index (κ3) is 7.22. The Hall–Kier alpha value is -0.780. The largest absolute Gasteiger partial charge is 0.0991 e. The zero-order valence-electron chi connectivity index (χ0n) is 6.01. The zero-order valence-corrected chi connectivity index (χ0v) is 6.01. The van der Waals surface area contributed by atoms with Gasteiger partial charge in [0.1, 0.15) is 0 Å². The van der Waals surface area contributed by atoms with Crippen molar-refractivity contribution in [2.24, 2.45) is 0 Å². The van der Waals surface area contributed by atoms with Crippen LogP contribution < -0.4 is 0 Å². The molecule has 0 heterocycles. The van der Waals surface area contributed by atoms with Crippen molar-refractivity contribution in [1.82, 2.24) is 0 Å². The lowest BCUT2D eigenvalue weighted by atomic mass is 10.3. The van der Waals surface area contributed by atoms with Crippen molar-refractivity contribution >= 4 is 0 Å². The van der Waals surface area contributed by atoms with E-state index in [9.17, 15) is 0 Å². The Morgan fingerprint density at radius 3 is 2.56 bits per heavy atom. The van der Waals surface area contributed by atoms with Gasteiger partial charge in [0.2, 0.25) is 0 Å². The van der Waals surface area contributed by atoms with Crippen LogP contribution in [0.25, 0.3) is 0 Å². The van der Waals surface area contributed by atoms with Gasteiger partial charge in [-0.05, 0) is 6.42 Å². The van der Waals surface area contributed by atoms with Crippen molar-refractivity contribution in [2.45, 2.75) is 19.8 Å². The summed E-state index contributed by atoms with van der Waals surface area (Å²) < 4.78 is 0. The van der Waals surface area contributed by atoms with Crippen LogP contribution in [-0.2, 0) is 0 Å². The van der Waals surface area contributed by atoms with Gasteiger partial charge >= 0.3 is 0 Å². The second-order valence-corrected chi connectivity index (χ2v) is 1.84. The highest BCUT2D eigenvalue weighted by molar-refractivity contribution is 5.08. The number of unbranched alkanes of at least 4 members (excludes halogenated alkanes) is 1. The van der Waals surface area contributed by atoms with Crippen LogP contribution in [0, 0.1) is 0 Å². The molecule has 0 rings (SSSR count). The molecule has 0 nitrogen and oxygen atoms in total. The van der Waals surface area contributed by atoms with Gasteiger partial charge < -0.3 is 0 Å². The van der Waals surface area contributed by atoms with E-state index >= 15 is 0 Å². The van der Waals surface area contributed by atoms with Crippen molar-refractivity contribution in [3.8, 4) is 0 Å². The van der Waals surface area contributed by atoms with Crippen LogP contribution in [0.3, 0.4) is 0 Å². The van der Waals surface area contributed by atoms with Crippen LogP contribution in [-0.4, -0.2) is 0 Å². The van der Waals surface area contributed by atoms with Gasteiger partial charge in [-0.15, -0.1) is 0 Å². The molecule has 0 aromatic heterocycles. The second-order valence-electron chi connectivity index (χ2n) is 1.84. The molecule has 0 bridgehead atoms. The predicted molar refractivity (Wildman–Crippen MR) is 43.4 cm³/mol. The highest BCUT2D eigenvalue weighted by atomic mass is 13.7. The summed E-state index contributed by atoms with van der Waals surface area (Å²) in [6.07, 6.45) is 12.3. The van der Waals surface area contributed by atoms with Gasteiger partial charge in [-0.3, -0.25) is 0 Å². The van der Waals surface area contributed by atoms with E-state index in [1.54, 1.807) is 6.08 Å². The van der Waals surface area contributed by atoms with Crippen molar-refractivity contribution in [3.05, 3.63) is 37.0 Å². The van der Waals surface area contributed by atoms with E-state index < -0.39 is 0 Å². The number of hydrogen-bond donors (Lipinski definition) is 0. The Balaban J connectivity index is 3.23. The summed E-state index contributed by atoms with van der Waals surface area (Å²) in [4.78, 5) is 0. The smallest absolute Gasteiger partial charge is 0.0350 e. The molecule has 9 heavy (non-hydrogen) atoms. The Kier molecular flexibility index (Phi) is 6.59. The monoisotopic (exact) mass is 122 g/mol. The number of rotatable bonds is 4. The van der Waals surface area contributed by atoms with Gasteiger partial charge in [-0.25, -0.2) is 0 Å². The Bertz CT molecular complexity index is 107. The molecule has 0 aromatic carbocycles. The molecule has 0 saturated heterocycles. The zero-order chi connectivity index (χ0) is 6.95. The highest BCUT2D eigenvalue weighted by Gasteiger charge is 1.67. The van der Waals surface area contributed by atoms with Crippen molar-refractivity contribution < 1.29 is 0 Å². The minimum atomic E-state index is 1.17. The average Bonchev–Trinajstić information content (AvgIpc) is 1.89. The number of hydrogen-bond acceptors (Lipinski definition) is 0. The van der Waals surface area contributed by atoms with E-state index in [1.165, 1.54) is 12.8 Å². The predicted octanol–water partition coefficient (Wildman–Crippen LogP) is 3.08. The van der Waals surface area contributed by atoms with E-state index in [4.69, 9.17) is 0 Å². The van der Waals surface area contributed by atoms with Crippen LogP contribution in [0.1, 0.15) is 19.8 Å². The standard InChI is InChI=1S/C9H14/c1-3-5-7-9-8-6-4-2/h3,5,7-9H,1,4,6H2,2H3/b7-5+,9-8-. The first-order valence-corrected chi connectivity index (χ1v) is 3.36. The average molecular weight is 122 g/mol. The van der Waals surface area contributed by atoms with Gasteiger partial charge in [0.05, 0.1) is 0 Å². The summed E-state index contributed by atoms with van der Waals surface area (Å²) in [5.74, 6) is 0. The molecule has 50 valence electrons. The number of allylic oxidation sites excluding steroid dienone is 5. The van der Waals surface area contributed by atoms with Gasteiger partial charge in [-0.2, -0.15) is 0 Å². The van der Waals surface area contributed by atoms with Crippen LogP contribution in [0.4, 0.5) is 0 Å². The maximum absolute atomic E-state index is 3.56. The molecule has 0 saturated carbocycles. The first-order chi connectivity index (χ1) is 4.41. The molecule has 0 spiro atoms. The summed E-state index contributed by atoms with van der Waals surface area (Å²) in [6.45, 7) is 5.73. The van der Waals surface area contributed by atoms with Crippen LogP contribution >= 0.6 is 0 Å². The van der Waals surface area contributed by atoms with Gasteiger partial charge in [0.25, 0.3) is 0 Å². The van der Waals surface area contributed by atoms with E-state index in [-0.39, 0.29) is 0 Å². The first kappa shape index (κ1) is 8.22. The third-order valence-electron chi connectivity index (χ3n) is 0.950. The van der Waals surface area contributed by atoms with Crippen molar-refractivity contribution in [2.75, 3.05) is 0 Å². The summed E-state index contributed by atoms with van der Waals surface area (Å²) in [7, 11) is 0. The molecule has 0 unspecified atom stereocenters. The van der Waals surface area contributed by atoms with Crippen molar-refractivity contribution in [1.29, 1.82) is 0 Å². The second kappa shape index (κ2) is 7.22. The lowest BCUT2D eigenvalue weighted by Crippen LogP contribution is -1.57. The Morgan fingerprint density at radius 2 is 2.00 bits per heavy atom. The molecule has 0 aliphatic rings. The minimum Gasteiger partial charge on any atom is -0.0991 e. The quantitative estimate of drug-likeness (QED) is 0.503. The van der Waals surface area contributed by atoms with E-state index in [1.807, 2.05) is 18.2 Å². The summed E-state index contributed by atoms with van der Waals surface area (Å²) in [5, 5.41) is 0. The topological polar surface area (TPSA) is 0 Å². The molecule has 0 N–H and O–H groups in total. The lowest BCUT2D eigenvalue weighted by molar-refractivity contribution is 0.959. The fourth-order valence-electron chi connectivity index (χ4n) is 0.484. The third-order valence-corrected chi connectivity index (χ3v) is 0.950. The molecular weight excluding hydrogens is 108 g/mol.